The number of halogens is 13. The van der Waals surface area contributed by atoms with Crippen molar-refractivity contribution in [1.29, 1.82) is 0 Å². The summed E-state index contributed by atoms with van der Waals surface area (Å²) < 4.78 is 162. The summed E-state index contributed by atoms with van der Waals surface area (Å²) in [6.45, 7) is -0.288. The molecule has 0 aromatic rings. The second kappa shape index (κ2) is 6.41. The Labute approximate surface area is 142 Å². The van der Waals surface area contributed by atoms with Crippen LogP contribution in [0.1, 0.15) is 8.35 Å². The summed E-state index contributed by atoms with van der Waals surface area (Å²) in [5.41, 5.74) is 0. The Morgan fingerprint density at radius 3 is 1.09 bits per heavy atom. The minimum atomic E-state index is -7.93. The van der Waals surface area contributed by atoms with E-state index in [-0.39, 0.29) is 37.9 Å². The molecule has 136 valence electrons. The van der Waals surface area contributed by atoms with Crippen LogP contribution >= 0.6 is 0 Å². The molecule has 23 heavy (non-hydrogen) atoms. The molecule has 0 radical (unpaired) electrons. The van der Waals surface area contributed by atoms with Gasteiger partial charge in [-0.2, -0.15) is 57.1 Å². The van der Waals surface area contributed by atoms with E-state index in [4.69, 9.17) is 5.11 Å². The predicted octanol–water partition coefficient (Wildman–Crippen LogP) is 1.22. The van der Waals surface area contributed by atoms with E-state index >= 15 is 0 Å². The minimum Gasteiger partial charge on any atom is -1.00 e. The molecule has 0 fully saturated rings. The van der Waals surface area contributed by atoms with Gasteiger partial charge in [-0.15, -0.1) is 0 Å². The van der Waals surface area contributed by atoms with Crippen LogP contribution in [-0.2, 0) is 0 Å². The van der Waals surface area contributed by atoms with Crippen molar-refractivity contribution in [3.8, 4) is 0 Å². The average Bonchev–Trinajstić information content (AvgIpc) is 2.25. The van der Waals surface area contributed by atoms with E-state index in [1.165, 1.54) is 0 Å². The van der Waals surface area contributed by atoms with Gasteiger partial charge in [0.1, 0.15) is 6.10 Å². The zero-order valence-electron chi connectivity index (χ0n) is 11.9. The summed E-state index contributed by atoms with van der Waals surface area (Å²) in [5.74, 6) is -37.4. The van der Waals surface area contributed by atoms with Crippen molar-refractivity contribution in [1.82, 2.24) is 0 Å². The van der Waals surface area contributed by atoms with Crippen LogP contribution in [0, 0.1) is 0 Å². The number of alkyl halides is 13. The van der Waals surface area contributed by atoms with E-state index in [0.717, 1.165) is 0 Å². The third kappa shape index (κ3) is 3.40. The SMILES string of the molecule is CC(O)C(F)(F)C(F)(F)C(F)(F)C(F)(F)C(F)(F)C(F)(F)F.[H-].[Na+]. The van der Waals surface area contributed by atoms with Crippen molar-refractivity contribution < 1.29 is 93.2 Å². The zero-order chi connectivity index (χ0) is 18.6. The molecule has 1 nitrogen and oxygen atoms in total. The fourth-order valence-electron chi connectivity index (χ4n) is 1.04. The van der Waals surface area contributed by atoms with E-state index in [2.05, 4.69) is 0 Å². The van der Waals surface area contributed by atoms with Gasteiger partial charge in [0.2, 0.25) is 0 Å². The van der Waals surface area contributed by atoms with Crippen molar-refractivity contribution >= 4 is 0 Å². The molecule has 0 aliphatic carbocycles. The number of hydrogen-bond donors (Lipinski definition) is 1. The van der Waals surface area contributed by atoms with E-state index in [1.807, 2.05) is 0 Å². The topological polar surface area (TPSA) is 20.2 Å². The normalized spacial score (nSPS) is 16.8. The number of aliphatic hydroxyl groups is 1. The van der Waals surface area contributed by atoms with Gasteiger partial charge in [0.15, 0.2) is 0 Å². The summed E-state index contributed by atoms with van der Waals surface area (Å²) >= 11 is 0. The summed E-state index contributed by atoms with van der Waals surface area (Å²) in [4.78, 5) is 0. The summed E-state index contributed by atoms with van der Waals surface area (Å²) in [5, 5.41) is 8.19. The van der Waals surface area contributed by atoms with Crippen LogP contribution in [0.25, 0.3) is 0 Å². The molecule has 0 spiro atoms. The second-order valence-electron chi connectivity index (χ2n) is 4.09. The third-order valence-electron chi connectivity index (χ3n) is 2.48. The molecular formula is C8H6F13NaO. The Hall–Kier alpha value is 0.0500. The zero-order valence-corrected chi connectivity index (χ0v) is 12.9. The number of hydrogen-bond acceptors (Lipinski definition) is 1. The maximum absolute atomic E-state index is 12.8. The molecule has 0 aliphatic rings. The van der Waals surface area contributed by atoms with Crippen molar-refractivity contribution in [3.05, 3.63) is 0 Å². The van der Waals surface area contributed by atoms with Crippen LogP contribution < -0.4 is 29.6 Å². The predicted molar refractivity (Wildman–Crippen MR) is 43.6 cm³/mol. The van der Waals surface area contributed by atoms with Crippen LogP contribution in [0.5, 0.6) is 0 Å². The van der Waals surface area contributed by atoms with Crippen LogP contribution in [-0.4, -0.2) is 47.0 Å². The molecule has 0 rings (SSSR count). The Morgan fingerprint density at radius 2 is 0.870 bits per heavy atom. The molecule has 0 aromatic carbocycles. The van der Waals surface area contributed by atoms with Gasteiger partial charge in [-0.05, 0) is 6.92 Å². The molecule has 0 aliphatic heterocycles. The molecule has 1 atom stereocenters. The van der Waals surface area contributed by atoms with Crippen LogP contribution in [0.15, 0.2) is 0 Å². The molecule has 1 unspecified atom stereocenters. The third-order valence-corrected chi connectivity index (χ3v) is 2.48. The smallest absolute Gasteiger partial charge is 1.00 e. The second-order valence-corrected chi connectivity index (χ2v) is 4.09. The van der Waals surface area contributed by atoms with Crippen molar-refractivity contribution in [2.75, 3.05) is 0 Å². The van der Waals surface area contributed by atoms with Crippen LogP contribution in [0.2, 0.25) is 0 Å². The van der Waals surface area contributed by atoms with Gasteiger partial charge in [-0.25, -0.2) is 0 Å². The van der Waals surface area contributed by atoms with Gasteiger partial charge < -0.3 is 6.53 Å². The van der Waals surface area contributed by atoms with E-state index < -0.39 is 41.9 Å². The summed E-state index contributed by atoms with van der Waals surface area (Å²) in [6.07, 6.45) is -11.2. The Bertz CT molecular complexity index is 419. The first-order chi connectivity index (χ1) is 9.19. The Balaban J connectivity index is -0.00000220. The Morgan fingerprint density at radius 1 is 0.609 bits per heavy atom. The minimum absolute atomic E-state index is 0. The number of rotatable bonds is 5. The fourth-order valence-corrected chi connectivity index (χ4v) is 1.04. The monoisotopic (exact) mass is 388 g/mol. The number of aliphatic hydroxyl groups excluding tert-OH is 1. The van der Waals surface area contributed by atoms with Gasteiger partial charge in [0.05, 0.1) is 0 Å². The van der Waals surface area contributed by atoms with Crippen LogP contribution in [0.3, 0.4) is 0 Å². The molecule has 0 heterocycles. The van der Waals surface area contributed by atoms with E-state index in [1.54, 1.807) is 0 Å². The molecule has 0 bridgehead atoms. The molecule has 1 N–H and O–H groups in total. The largest absolute Gasteiger partial charge is 1.00 e. The first kappa shape index (κ1) is 25.3. The van der Waals surface area contributed by atoms with E-state index in [9.17, 15) is 57.1 Å². The van der Waals surface area contributed by atoms with Crippen LogP contribution in [0.4, 0.5) is 57.1 Å². The molecular weight excluding hydrogens is 382 g/mol. The van der Waals surface area contributed by atoms with E-state index in [0.29, 0.717) is 0 Å². The summed E-state index contributed by atoms with van der Waals surface area (Å²) in [6, 6.07) is 0. The molecule has 0 amide bonds. The quantitative estimate of drug-likeness (QED) is 0.555. The van der Waals surface area contributed by atoms with Crippen molar-refractivity contribution in [2.45, 2.75) is 48.8 Å². The molecule has 0 saturated heterocycles. The van der Waals surface area contributed by atoms with Gasteiger partial charge in [0.25, 0.3) is 0 Å². The van der Waals surface area contributed by atoms with Gasteiger partial charge in [0, 0.05) is 0 Å². The molecule has 0 saturated carbocycles. The van der Waals surface area contributed by atoms with Crippen molar-refractivity contribution in [3.63, 3.8) is 0 Å². The maximum atomic E-state index is 12.8. The van der Waals surface area contributed by atoms with Crippen molar-refractivity contribution in [2.24, 2.45) is 0 Å². The molecule has 15 heteroatoms. The van der Waals surface area contributed by atoms with Gasteiger partial charge in [-0.1, -0.05) is 0 Å². The summed E-state index contributed by atoms with van der Waals surface area (Å²) in [7, 11) is 0. The average molecular weight is 388 g/mol. The first-order valence-electron chi connectivity index (χ1n) is 4.83. The Kier molecular flexibility index (Phi) is 7.05. The standard InChI is InChI=1S/C8H5F13O.Na.H/c1-2(22)3(9,10)4(11,12)5(13,14)6(15,16)7(17,18)8(19,20)21;;/h2,22H,1H3;;/q;+1;-1. The molecule has 0 aromatic heterocycles. The first-order valence-corrected chi connectivity index (χ1v) is 4.83. The fraction of sp³-hybridized carbons (Fsp3) is 1.00. The van der Waals surface area contributed by atoms with Gasteiger partial charge >= 0.3 is 65.3 Å². The van der Waals surface area contributed by atoms with Gasteiger partial charge in [-0.3, -0.25) is 0 Å². The maximum Gasteiger partial charge on any atom is 1.00 e.